The van der Waals surface area contributed by atoms with Crippen LogP contribution >= 0.6 is 0 Å². The molecule has 0 saturated heterocycles. The van der Waals surface area contributed by atoms with Crippen LogP contribution in [0.15, 0.2) is 53.4 Å². The Morgan fingerprint density at radius 3 is 2.09 bits per heavy atom. The van der Waals surface area contributed by atoms with Gasteiger partial charge in [0.25, 0.3) is 10.0 Å². The second-order valence-corrected chi connectivity index (χ2v) is 7.26. The Hall–Kier alpha value is -2.34. The Bertz CT molecular complexity index is 778. The Balaban J connectivity index is 2.15. The van der Waals surface area contributed by atoms with Gasteiger partial charge in [0.15, 0.2) is 0 Å². The van der Waals surface area contributed by atoms with Crippen molar-refractivity contribution >= 4 is 21.7 Å². The highest BCUT2D eigenvalue weighted by Gasteiger charge is 2.14. The van der Waals surface area contributed by atoms with Gasteiger partial charge in [0, 0.05) is 18.1 Å². The van der Waals surface area contributed by atoms with Gasteiger partial charge in [0.2, 0.25) is 0 Å². The van der Waals surface area contributed by atoms with E-state index in [2.05, 4.69) is 4.72 Å². The highest BCUT2D eigenvalue weighted by Crippen LogP contribution is 2.20. The maximum Gasteiger partial charge on any atom is 0.261 e. The third kappa shape index (κ3) is 4.56. The molecule has 0 spiro atoms. The van der Waals surface area contributed by atoms with Crippen LogP contribution in [-0.4, -0.2) is 14.4 Å². The van der Waals surface area contributed by atoms with Gasteiger partial charge in [-0.25, -0.2) is 8.42 Å². The molecule has 2 aromatic rings. The molecule has 0 fully saturated rings. The van der Waals surface area contributed by atoms with Crippen molar-refractivity contribution in [3.05, 3.63) is 59.7 Å². The van der Waals surface area contributed by atoms with Crippen LogP contribution in [0.25, 0.3) is 0 Å². The lowest BCUT2D eigenvalue weighted by atomic mass is 10.0. The number of nitrogens with one attached hydrogen (secondary N) is 1. The number of carbonyl (C=O) groups excluding carboxylic acids is 1. The predicted molar refractivity (Wildman–Crippen MR) is 86.5 cm³/mol. The van der Waals surface area contributed by atoms with E-state index in [0.717, 1.165) is 5.56 Å². The van der Waals surface area contributed by atoms with Crippen molar-refractivity contribution in [1.29, 1.82) is 0 Å². The molecule has 2 aromatic carbocycles. The number of carboxylic acid groups (broad SMARTS) is 1. The minimum absolute atomic E-state index is 0.181. The number of benzene rings is 2. The van der Waals surface area contributed by atoms with E-state index in [-0.39, 0.29) is 11.3 Å². The van der Waals surface area contributed by atoms with Crippen LogP contribution in [-0.2, 0) is 21.2 Å². The minimum atomic E-state index is -3.67. The number of rotatable bonds is 6. The van der Waals surface area contributed by atoms with Crippen LogP contribution < -0.4 is 9.83 Å². The normalized spacial score (nSPS) is 11.4. The highest BCUT2D eigenvalue weighted by molar-refractivity contribution is 7.92. The summed E-state index contributed by atoms with van der Waals surface area (Å²) >= 11 is 0. The Kier molecular flexibility index (Phi) is 5.05. The van der Waals surface area contributed by atoms with Gasteiger partial charge in [-0.2, -0.15) is 0 Å². The Morgan fingerprint density at radius 2 is 1.61 bits per heavy atom. The van der Waals surface area contributed by atoms with Gasteiger partial charge >= 0.3 is 0 Å². The summed E-state index contributed by atoms with van der Waals surface area (Å²) in [6.45, 7) is 4.08. The maximum absolute atomic E-state index is 12.3. The molecule has 0 aliphatic carbocycles. The van der Waals surface area contributed by atoms with Gasteiger partial charge in [-0.05, 0) is 41.3 Å². The van der Waals surface area contributed by atoms with Crippen LogP contribution in [0, 0.1) is 0 Å². The van der Waals surface area contributed by atoms with Crippen LogP contribution in [0.3, 0.4) is 0 Å². The summed E-state index contributed by atoms with van der Waals surface area (Å²) in [7, 11) is -3.67. The van der Waals surface area contributed by atoms with Crippen LogP contribution in [0.5, 0.6) is 0 Å². The van der Waals surface area contributed by atoms with E-state index in [1.807, 2.05) is 13.8 Å². The molecule has 6 heteroatoms. The molecule has 0 aliphatic heterocycles. The molecule has 23 heavy (non-hydrogen) atoms. The summed E-state index contributed by atoms with van der Waals surface area (Å²) in [6.07, 6.45) is -0.205. The molecular weight excluding hydrogens is 314 g/mol. The number of carboxylic acids is 1. The molecule has 0 heterocycles. The monoisotopic (exact) mass is 332 g/mol. The zero-order valence-electron chi connectivity index (χ0n) is 12.9. The van der Waals surface area contributed by atoms with E-state index in [0.29, 0.717) is 17.2 Å². The molecule has 2 rings (SSSR count). The van der Waals surface area contributed by atoms with Crippen molar-refractivity contribution in [2.24, 2.45) is 0 Å². The van der Waals surface area contributed by atoms with Crippen molar-refractivity contribution in [2.75, 3.05) is 4.72 Å². The van der Waals surface area contributed by atoms with Crippen molar-refractivity contribution in [1.82, 2.24) is 0 Å². The average molecular weight is 332 g/mol. The third-order valence-corrected chi connectivity index (χ3v) is 4.81. The summed E-state index contributed by atoms with van der Waals surface area (Å²) in [5, 5.41) is 10.5. The topological polar surface area (TPSA) is 86.3 Å². The zero-order chi connectivity index (χ0) is 17.0. The average Bonchev–Trinajstić information content (AvgIpc) is 2.48. The van der Waals surface area contributed by atoms with E-state index in [1.54, 1.807) is 36.4 Å². The first-order valence-corrected chi connectivity index (χ1v) is 8.68. The van der Waals surface area contributed by atoms with Crippen molar-refractivity contribution in [2.45, 2.75) is 31.1 Å². The molecule has 0 unspecified atom stereocenters. The second-order valence-electron chi connectivity index (χ2n) is 5.57. The summed E-state index contributed by atoms with van der Waals surface area (Å²) in [4.78, 5) is 10.7. The van der Waals surface area contributed by atoms with Crippen LogP contribution in [0.4, 0.5) is 5.69 Å². The van der Waals surface area contributed by atoms with E-state index >= 15 is 0 Å². The quantitative estimate of drug-likeness (QED) is 0.875. The van der Waals surface area contributed by atoms with E-state index in [9.17, 15) is 18.3 Å². The van der Waals surface area contributed by atoms with Crippen molar-refractivity contribution in [3.8, 4) is 0 Å². The number of aliphatic carboxylic acids is 1. The third-order valence-electron chi connectivity index (χ3n) is 3.41. The summed E-state index contributed by atoms with van der Waals surface area (Å²) < 4.78 is 27.1. The minimum Gasteiger partial charge on any atom is -0.550 e. The molecule has 0 amide bonds. The maximum atomic E-state index is 12.3. The largest absolute Gasteiger partial charge is 0.550 e. The second kappa shape index (κ2) is 6.83. The Morgan fingerprint density at radius 1 is 1.04 bits per heavy atom. The fourth-order valence-electron chi connectivity index (χ4n) is 2.10. The SMILES string of the molecule is CC(C)c1ccc(S(=O)(=O)Nc2ccc(CC(=O)[O-])cc2)cc1. The lowest BCUT2D eigenvalue weighted by molar-refractivity contribution is -0.304. The van der Waals surface area contributed by atoms with Gasteiger partial charge in [0.05, 0.1) is 4.90 Å². The number of hydrogen-bond donors (Lipinski definition) is 1. The molecule has 1 N–H and O–H groups in total. The number of anilines is 1. The van der Waals surface area contributed by atoms with Gasteiger partial charge in [-0.15, -0.1) is 0 Å². The first-order valence-electron chi connectivity index (χ1n) is 7.19. The van der Waals surface area contributed by atoms with E-state index in [4.69, 9.17) is 0 Å². The molecular formula is C17H18NO4S-. The fourth-order valence-corrected chi connectivity index (χ4v) is 3.16. The number of hydrogen-bond acceptors (Lipinski definition) is 4. The van der Waals surface area contributed by atoms with Crippen molar-refractivity contribution in [3.63, 3.8) is 0 Å². The van der Waals surface area contributed by atoms with Gasteiger partial charge < -0.3 is 9.90 Å². The number of sulfonamides is 1. The molecule has 5 nitrogen and oxygen atoms in total. The van der Waals surface area contributed by atoms with E-state index in [1.165, 1.54) is 12.1 Å². The number of carbonyl (C=O) groups is 1. The summed E-state index contributed by atoms with van der Waals surface area (Å²) in [5.74, 6) is -0.848. The molecule has 0 bridgehead atoms. The van der Waals surface area contributed by atoms with Gasteiger partial charge in [-0.3, -0.25) is 4.72 Å². The molecule has 0 radical (unpaired) electrons. The molecule has 0 aliphatic rings. The van der Waals surface area contributed by atoms with E-state index < -0.39 is 16.0 Å². The predicted octanol–water partition coefficient (Wildman–Crippen LogP) is 1.90. The van der Waals surface area contributed by atoms with Crippen molar-refractivity contribution < 1.29 is 18.3 Å². The first-order chi connectivity index (χ1) is 10.8. The highest BCUT2D eigenvalue weighted by atomic mass is 32.2. The lowest BCUT2D eigenvalue weighted by Gasteiger charge is -2.11. The van der Waals surface area contributed by atoms with Crippen LogP contribution in [0.1, 0.15) is 30.9 Å². The summed E-state index contributed by atoms with van der Waals surface area (Å²) in [6, 6.07) is 12.9. The van der Waals surface area contributed by atoms with Crippen LogP contribution in [0.2, 0.25) is 0 Å². The zero-order valence-corrected chi connectivity index (χ0v) is 13.8. The standard InChI is InChI=1S/C17H19NO4S/c1-12(2)14-5-9-16(10-6-14)23(21,22)18-15-7-3-13(4-8-15)11-17(19)20/h3-10,12,18H,11H2,1-2H3,(H,19,20)/p-1. The Labute approximate surface area is 136 Å². The van der Waals surface area contributed by atoms with Gasteiger partial charge in [0.1, 0.15) is 0 Å². The molecule has 0 saturated carbocycles. The smallest absolute Gasteiger partial charge is 0.261 e. The fraction of sp³-hybridized carbons (Fsp3) is 0.235. The van der Waals surface area contributed by atoms with Gasteiger partial charge in [-0.1, -0.05) is 38.1 Å². The summed E-state index contributed by atoms with van der Waals surface area (Å²) in [5.41, 5.74) is 1.99. The lowest BCUT2D eigenvalue weighted by Crippen LogP contribution is -2.24. The molecule has 0 aromatic heterocycles. The molecule has 122 valence electrons. The first kappa shape index (κ1) is 17.0. The molecule has 0 atom stereocenters.